The number of hydrogen-bond donors (Lipinski definition) is 0. The number of halogens is 3. The lowest BCUT2D eigenvalue weighted by Gasteiger charge is -2.15. The van der Waals surface area contributed by atoms with Crippen LogP contribution < -0.4 is 0 Å². The Bertz CT molecular complexity index is 1070. The van der Waals surface area contributed by atoms with Crippen molar-refractivity contribution in [1.82, 2.24) is 9.46 Å². The highest BCUT2D eigenvalue weighted by atomic mass is 32.2. The van der Waals surface area contributed by atoms with Crippen molar-refractivity contribution in [2.24, 2.45) is 0 Å². The summed E-state index contributed by atoms with van der Waals surface area (Å²) < 4.78 is 69.7. The zero-order valence-electron chi connectivity index (χ0n) is 14.4. The highest BCUT2D eigenvalue weighted by Crippen LogP contribution is 2.37. The van der Waals surface area contributed by atoms with E-state index in [2.05, 4.69) is 9.68 Å². The lowest BCUT2D eigenvalue weighted by atomic mass is 9.99. The fraction of sp³-hybridized carbons (Fsp3) is 0.278. The molecule has 2 aromatic heterocycles. The molecule has 0 N–H and O–H groups in total. The molecule has 28 heavy (non-hydrogen) atoms. The molecule has 0 bridgehead atoms. The van der Waals surface area contributed by atoms with Crippen LogP contribution in [0.3, 0.4) is 0 Å². The molecule has 1 atom stereocenters. The molecule has 10 heteroatoms. The van der Waals surface area contributed by atoms with Crippen molar-refractivity contribution in [2.45, 2.75) is 22.7 Å². The largest absolute Gasteiger partial charge is 0.452 e. The second-order valence-corrected chi connectivity index (χ2v) is 9.70. The maximum absolute atomic E-state index is 12.9. The van der Waals surface area contributed by atoms with E-state index in [1.807, 2.05) is 30.3 Å². The third-order valence-corrected chi connectivity index (χ3v) is 8.08. The van der Waals surface area contributed by atoms with Gasteiger partial charge in [-0.1, -0.05) is 35.5 Å². The van der Waals surface area contributed by atoms with Crippen molar-refractivity contribution in [3.63, 3.8) is 0 Å². The van der Waals surface area contributed by atoms with Gasteiger partial charge >= 0.3 is 6.18 Å². The topological polar surface area (TPSA) is 63.4 Å². The number of aromatic nitrogens is 1. The van der Waals surface area contributed by atoms with Crippen LogP contribution in [0.25, 0.3) is 10.6 Å². The zero-order valence-corrected chi connectivity index (χ0v) is 16.0. The second kappa shape index (κ2) is 7.02. The summed E-state index contributed by atoms with van der Waals surface area (Å²) in [5.41, 5.74) is 1.05. The molecule has 0 unspecified atom stereocenters. The van der Waals surface area contributed by atoms with Gasteiger partial charge in [0.15, 0.2) is 0 Å². The number of hydrogen-bond acceptors (Lipinski definition) is 5. The minimum absolute atomic E-state index is 0.0395. The van der Waals surface area contributed by atoms with Gasteiger partial charge in [0.25, 0.3) is 10.0 Å². The van der Waals surface area contributed by atoms with Gasteiger partial charge in [-0.2, -0.15) is 17.5 Å². The van der Waals surface area contributed by atoms with Gasteiger partial charge in [0.05, 0.1) is 4.88 Å². The predicted octanol–water partition coefficient (Wildman–Crippen LogP) is 4.60. The van der Waals surface area contributed by atoms with E-state index >= 15 is 0 Å². The number of rotatable bonds is 4. The Labute approximate surface area is 163 Å². The van der Waals surface area contributed by atoms with Crippen LogP contribution in [0.15, 0.2) is 57.3 Å². The molecule has 4 rings (SSSR count). The van der Waals surface area contributed by atoms with E-state index in [0.29, 0.717) is 18.0 Å². The van der Waals surface area contributed by atoms with Gasteiger partial charge in [0.1, 0.15) is 9.90 Å². The molecule has 0 amide bonds. The molecule has 0 saturated carbocycles. The quantitative estimate of drug-likeness (QED) is 0.609. The third-order valence-electron chi connectivity index (χ3n) is 4.64. The van der Waals surface area contributed by atoms with Crippen molar-refractivity contribution < 1.29 is 26.1 Å². The highest BCUT2D eigenvalue weighted by molar-refractivity contribution is 7.91. The van der Waals surface area contributed by atoms with Gasteiger partial charge in [-0.25, -0.2) is 8.42 Å². The Kier molecular flexibility index (Phi) is 4.80. The standard InChI is InChI=1S/C18H15F3N2O3S2/c19-18(20,21)16-10-14(22-26-16)15-6-7-17(27-15)28(24,25)23-9-8-13(11-23)12-4-2-1-3-5-12/h1-7,10,13H,8-9,11H2/t13-/m0/s1. The summed E-state index contributed by atoms with van der Waals surface area (Å²) in [6.07, 6.45) is -3.92. The van der Waals surface area contributed by atoms with Crippen LogP contribution in [-0.4, -0.2) is 31.0 Å². The minimum atomic E-state index is -4.64. The lowest BCUT2D eigenvalue weighted by molar-refractivity contribution is -0.155. The normalized spacial score (nSPS) is 18.6. The predicted molar refractivity (Wildman–Crippen MR) is 97.4 cm³/mol. The van der Waals surface area contributed by atoms with E-state index in [9.17, 15) is 21.6 Å². The number of nitrogens with zero attached hydrogens (tertiary/aromatic N) is 2. The molecule has 1 fully saturated rings. The fourth-order valence-electron chi connectivity index (χ4n) is 3.19. The van der Waals surface area contributed by atoms with Gasteiger partial charge < -0.3 is 4.52 Å². The van der Waals surface area contributed by atoms with E-state index < -0.39 is 22.0 Å². The number of benzene rings is 1. The molecule has 3 heterocycles. The molecule has 1 saturated heterocycles. The summed E-state index contributed by atoms with van der Waals surface area (Å²) in [6.45, 7) is 0.777. The van der Waals surface area contributed by atoms with Gasteiger partial charge in [0.2, 0.25) is 5.76 Å². The smallest absolute Gasteiger partial charge is 0.351 e. The van der Waals surface area contributed by atoms with Crippen LogP contribution in [0.5, 0.6) is 0 Å². The molecule has 0 spiro atoms. The summed E-state index contributed by atoms with van der Waals surface area (Å²) in [5.74, 6) is -1.09. The molecule has 0 aliphatic carbocycles. The van der Waals surface area contributed by atoms with Crippen LogP contribution in [-0.2, 0) is 16.2 Å². The van der Waals surface area contributed by atoms with E-state index in [-0.39, 0.29) is 15.8 Å². The average Bonchev–Trinajstić information content (AvgIpc) is 3.41. The van der Waals surface area contributed by atoms with Gasteiger partial charge in [-0.05, 0) is 30.0 Å². The van der Waals surface area contributed by atoms with E-state index in [1.54, 1.807) is 0 Å². The second-order valence-electron chi connectivity index (χ2n) is 6.45. The average molecular weight is 428 g/mol. The third kappa shape index (κ3) is 3.59. The maximum atomic E-state index is 12.9. The first-order valence-corrected chi connectivity index (χ1v) is 10.7. The first-order valence-electron chi connectivity index (χ1n) is 8.44. The summed E-state index contributed by atoms with van der Waals surface area (Å²) >= 11 is 0.881. The zero-order chi connectivity index (χ0) is 19.9. The van der Waals surface area contributed by atoms with Gasteiger partial charge in [-0.15, -0.1) is 11.3 Å². The van der Waals surface area contributed by atoms with Crippen LogP contribution in [0.1, 0.15) is 23.7 Å². The Morgan fingerprint density at radius 1 is 1.14 bits per heavy atom. The molecule has 5 nitrogen and oxygen atoms in total. The highest BCUT2D eigenvalue weighted by Gasteiger charge is 2.37. The van der Waals surface area contributed by atoms with Crippen molar-refractivity contribution >= 4 is 21.4 Å². The molecule has 148 valence electrons. The van der Waals surface area contributed by atoms with E-state index in [0.717, 1.165) is 29.4 Å². The number of thiophene rings is 1. The van der Waals surface area contributed by atoms with Crippen LogP contribution in [0.2, 0.25) is 0 Å². The van der Waals surface area contributed by atoms with E-state index in [1.165, 1.54) is 16.4 Å². The number of sulfonamides is 1. The summed E-state index contributed by atoms with van der Waals surface area (Å²) in [6, 6.07) is 13.3. The van der Waals surface area contributed by atoms with Crippen molar-refractivity contribution in [3.8, 4) is 10.6 Å². The van der Waals surface area contributed by atoms with Crippen molar-refractivity contribution in [3.05, 3.63) is 59.9 Å². The summed E-state index contributed by atoms with van der Waals surface area (Å²) in [7, 11) is -3.72. The molecule has 1 aliphatic rings. The number of alkyl halides is 3. The molecule has 1 aromatic carbocycles. The molecular formula is C18H15F3N2O3S2. The summed E-state index contributed by atoms with van der Waals surface area (Å²) in [5, 5.41) is 3.40. The Morgan fingerprint density at radius 2 is 1.89 bits per heavy atom. The fourth-order valence-corrected chi connectivity index (χ4v) is 6.11. The van der Waals surface area contributed by atoms with Crippen molar-refractivity contribution in [1.29, 1.82) is 0 Å². The Hall–Kier alpha value is -2.17. The Balaban J connectivity index is 1.54. The lowest BCUT2D eigenvalue weighted by Crippen LogP contribution is -2.28. The van der Waals surface area contributed by atoms with Crippen LogP contribution in [0, 0.1) is 0 Å². The summed E-state index contributed by atoms with van der Waals surface area (Å²) in [4.78, 5) is 0.302. The molecule has 0 radical (unpaired) electrons. The minimum Gasteiger partial charge on any atom is -0.351 e. The first kappa shape index (κ1) is 19.2. The maximum Gasteiger partial charge on any atom is 0.452 e. The van der Waals surface area contributed by atoms with Crippen molar-refractivity contribution in [2.75, 3.05) is 13.1 Å². The van der Waals surface area contributed by atoms with E-state index in [4.69, 9.17) is 0 Å². The van der Waals surface area contributed by atoms with Gasteiger partial charge in [-0.3, -0.25) is 0 Å². The molecular weight excluding hydrogens is 413 g/mol. The van der Waals surface area contributed by atoms with Crippen LogP contribution >= 0.6 is 11.3 Å². The Morgan fingerprint density at radius 3 is 2.57 bits per heavy atom. The molecule has 1 aliphatic heterocycles. The monoisotopic (exact) mass is 428 g/mol. The van der Waals surface area contributed by atoms with Crippen LogP contribution in [0.4, 0.5) is 13.2 Å². The molecule has 3 aromatic rings. The van der Waals surface area contributed by atoms with Gasteiger partial charge in [0, 0.05) is 19.2 Å². The first-order chi connectivity index (χ1) is 13.2. The SMILES string of the molecule is O=S(=O)(c1ccc(-c2cc(C(F)(F)F)on2)s1)N1CC[C@H](c2ccccc2)C1.